The summed E-state index contributed by atoms with van der Waals surface area (Å²) in [6.07, 6.45) is 12.1. The van der Waals surface area contributed by atoms with E-state index < -0.39 is 5.60 Å². The zero-order valence-electron chi connectivity index (χ0n) is 17.6. The molecule has 0 aliphatic heterocycles. The van der Waals surface area contributed by atoms with Gasteiger partial charge in [0, 0.05) is 29.1 Å². The molecule has 1 amide bonds. The molecule has 5 nitrogen and oxygen atoms in total. The number of aromatic nitrogens is 1. The zero-order chi connectivity index (χ0) is 20.7. The fraction of sp³-hybridized carbons (Fsp3) is 0.600. The number of fused-ring (bicyclic) bond motifs is 3. The third kappa shape index (κ3) is 3.80. The maximum Gasteiger partial charge on any atom is 0.258 e. The average molecular weight is 409 g/mol. The lowest BCUT2D eigenvalue weighted by molar-refractivity contribution is -0.117. The number of hydrogen-bond acceptors (Lipinski definition) is 3. The SMILES string of the molecule is O=C(CC1C[C@@H]2CC[C@@H]1C2)Nc1cccc2c(=O)n(CC3(O)CCCCC3)ccc12. The Morgan fingerprint density at radius 1 is 1.10 bits per heavy atom. The predicted octanol–water partition coefficient (Wildman–Crippen LogP) is 4.46. The Bertz CT molecular complexity index is 1010. The molecule has 3 saturated carbocycles. The summed E-state index contributed by atoms with van der Waals surface area (Å²) in [4.78, 5) is 25.8. The Kier molecular flexibility index (Phi) is 5.18. The van der Waals surface area contributed by atoms with Crippen molar-refractivity contribution in [3.05, 3.63) is 40.8 Å². The smallest absolute Gasteiger partial charge is 0.258 e. The summed E-state index contributed by atoms with van der Waals surface area (Å²) in [7, 11) is 0. The molecule has 30 heavy (non-hydrogen) atoms. The van der Waals surface area contributed by atoms with Gasteiger partial charge in [-0.3, -0.25) is 9.59 Å². The third-order valence-electron chi connectivity index (χ3n) is 7.87. The number of carbonyl (C=O) groups excluding carboxylic acids is 1. The van der Waals surface area contributed by atoms with Crippen LogP contribution in [0.2, 0.25) is 0 Å². The number of carbonyl (C=O) groups is 1. The van der Waals surface area contributed by atoms with Gasteiger partial charge in [-0.15, -0.1) is 0 Å². The molecule has 1 aromatic carbocycles. The van der Waals surface area contributed by atoms with Crippen LogP contribution in [-0.4, -0.2) is 21.2 Å². The van der Waals surface area contributed by atoms with Crippen molar-refractivity contribution in [3.8, 4) is 0 Å². The molecule has 1 heterocycles. The lowest BCUT2D eigenvalue weighted by Crippen LogP contribution is -2.39. The van der Waals surface area contributed by atoms with Crippen LogP contribution in [0.25, 0.3) is 10.8 Å². The van der Waals surface area contributed by atoms with Gasteiger partial charge in [0.15, 0.2) is 0 Å². The minimum absolute atomic E-state index is 0.0562. The first-order valence-corrected chi connectivity index (χ1v) is 11.7. The molecule has 5 heteroatoms. The fourth-order valence-electron chi connectivity index (χ4n) is 6.30. The lowest BCUT2D eigenvalue weighted by Gasteiger charge is -2.32. The highest BCUT2D eigenvalue weighted by molar-refractivity contribution is 6.01. The Balaban J connectivity index is 1.34. The van der Waals surface area contributed by atoms with E-state index in [0.29, 0.717) is 30.0 Å². The molecule has 3 atom stereocenters. The number of aliphatic hydroxyl groups is 1. The highest BCUT2D eigenvalue weighted by atomic mass is 16.3. The largest absolute Gasteiger partial charge is 0.388 e. The summed E-state index contributed by atoms with van der Waals surface area (Å²) in [5, 5.41) is 15.3. The van der Waals surface area contributed by atoms with Gasteiger partial charge in [-0.05, 0) is 68.1 Å². The molecule has 0 radical (unpaired) electrons. The van der Waals surface area contributed by atoms with Gasteiger partial charge in [0.05, 0.1) is 12.1 Å². The van der Waals surface area contributed by atoms with E-state index in [9.17, 15) is 14.7 Å². The average Bonchev–Trinajstić information content (AvgIpc) is 3.34. The zero-order valence-corrected chi connectivity index (χ0v) is 17.6. The van der Waals surface area contributed by atoms with Crippen molar-refractivity contribution in [2.75, 3.05) is 5.32 Å². The molecule has 3 aliphatic rings. The molecule has 160 valence electrons. The predicted molar refractivity (Wildman–Crippen MR) is 118 cm³/mol. The van der Waals surface area contributed by atoms with E-state index in [1.54, 1.807) is 10.8 Å². The van der Waals surface area contributed by atoms with Crippen molar-refractivity contribution in [3.63, 3.8) is 0 Å². The first kappa shape index (κ1) is 19.8. The van der Waals surface area contributed by atoms with Gasteiger partial charge in [0.25, 0.3) is 5.56 Å². The number of anilines is 1. The van der Waals surface area contributed by atoms with E-state index in [2.05, 4.69) is 5.32 Å². The third-order valence-corrected chi connectivity index (χ3v) is 7.87. The molecule has 1 unspecified atom stereocenters. The summed E-state index contributed by atoms with van der Waals surface area (Å²) in [6.45, 7) is 0.336. The van der Waals surface area contributed by atoms with Crippen LogP contribution in [0, 0.1) is 17.8 Å². The van der Waals surface area contributed by atoms with Gasteiger partial charge in [0.2, 0.25) is 5.91 Å². The first-order valence-electron chi connectivity index (χ1n) is 11.7. The molecule has 2 bridgehead atoms. The number of hydrogen-bond donors (Lipinski definition) is 2. The molecule has 5 rings (SSSR count). The highest BCUT2D eigenvalue weighted by Gasteiger charge is 2.40. The number of nitrogens with zero attached hydrogens (tertiary/aromatic N) is 1. The Labute approximate surface area is 177 Å². The molecular weight excluding hydrogens is 376 g/mol. The van der Waals surface area contributed by atoms with Crippen LogP contribution in [0.3, 0.4) is 0 Å². The van der Waals surface area contributed by atoms with Gasteiger partial charge < -0.3 is 15.0 Å². The van der Waals surface area contributed by atoms with Crippen LogP contribution < -0.4 is 10.9 Å². The summed E-state index contributed by atoms with van der Waals surface area (Å²) in [5.74, 6) is 2.14. The molecule has 2 N–H and O–H groups in total. The van der Waals surface area contributed by atoms with E-state index in [1.807, 2.05) is 24.3 Å². The molecule has 0 spiro atoms. The van der Waals surface area contributed by atoms with Gasteiger partial charge in [0.1, 0.15) is 0 Å². The number of nitrogens with one attached hydrogen (secondary N) is 1. The lowest BCUT2D eigenvalue weighted by atomic mass is 9.85. The van der Waals surface area contributed by atoms with Crippen molar-refractivity contribution in [2.24, 2.45) is 17.8 Å². The van der Waals surface area contributed by atoms with Crippen LogP contribution >= 0.6 is 0 Å². The van der Waals surface area contributed by atoms with Gasteiger partial charge >= 0.3 is 0 Å². The van der Waals surface area contributed by atoms with E-state index >= 15 is 0 Å². The molecule has 3 fully saturated rings. The standard InChI is InChI=1S/C25H32N2O3/c28-23(15-19-14-17-7-8-18(19)13-17)26-22-6-4-5-21-20(22)9-12-27(24(21)29)16-25(30)10-2-1-3-11-25/h4-6,9,12,17-19,30H,1-3,7-8,10-11,13-16H2,(H,26,28)/t17-,18-,19?/m1/s1. The van der Waals surface area contributed by atoms with Gasteiger partial charge in [-0.1, -0.05) is 31.7 Å². The van der Waals surface area contributed by atoms with Gasteiger partial charge in [-0.2, -0.15) is 0 Å². The second-order valence-electron chi connectivity index (χ2n) is 9.99. The molecule has 0 saturated heterocycles. The quantitative estimate of drug-likeness (QED) is 0.767. The molecule has 1 aromatic heterocycles. The van der Waals surface area contributed by atoms with E-state index in [0.717, 1.165) is 49.3 Å². The van der Waals surface area contributed by atoms with Crippen LogP contribution in [0.1, 0.15) is 64.2 Å². The Morgan fingerprint density at radius 3 is 2.67 bits per heavy atom. The van der Waals surface area contributed by atoms with Gasteiger partial charge in [-0.25, -0.2) is 0 Å². The van der Waals surface area contributed by atoms with Crippen molar-refractivity contribution in [1.29, 1.82) is 0 Å². The second kappa shape index (κ2) is 7.84. The van der Waals surface area contributed by atoms with Crippen LogP contribution in [-0.2, 0) is 11.3 Å². The van der Waals surface area contributed by atoms with Crippen molar-refractivity contribution in [1.82, 2.24) is 4.57 Å². The Morgan fingerprint density at radius 2 is 1.93 bits per heavy atom. The van der Waals surface area contributed by atoms with Crippen LogP contribution in [0.4, 0.5) is 5.69 Å². The minimum Gasteiger partial charge on any atom is -0.388 e. The van der Waals surface area contributed by atoms with Crippen molar-refractivity contribution in [2.45, 2.75) is 76.4 Å². The summed E-state index contributed by atoms with van der Waals surface area (Å²) in [6, 6.07) is 7.41. The maximum atomic E-state index is 13.1. The molecule has 2 aromatic rings. The second-order valence-corrected chi connectivity index (χ2v) is 9.99. The molecule has 3 aliphatic carbocycles. The number of pyridine rings is 1. The summed E-state index contributed by atoms with van der Waals surface area (Å²) in [5.41, 5.74) is -0.181. The number of benzene rings is 1. The number of rotatable bonds is 5. The van der Waals surface area contributed by atoms with Crippen molar-refractivity contribution >= 4 is 22.4 Å². The van der Waals surface area contributed by atoms with Crippen LogP contribution in [0.5, 0.6) is 0 Å². The normalized spacial score (nSPS) is 27.4. The number of amides is 1. The first-order chi connectivity index (χ1) is 14.5. The molecular formula is C25H32N2O3. The fourth-order valence-corrected chi connectivity index (χ4v) is 6.30. The van der Waals surface area contributed by atoms with E-state index in [1.165, 1.54) is 25.7 Å². The van der Waals surface area contributed by atoms with Crippen molar-refractivity contribution < 1.29 is 9.90 Å². The Hall–Kier alpha value is -2.14. The van der Waals surface area contributed by atoms with E-state index in [4.69, 9.17) is 0 Å². The maximum absolute atomic E-state index is 13.1. The monoisotopic (exact) mass is 408 g/mol. The summed E-state index contributed by atoms with van der Waals surface area (Å²) >= 11 is 0. The minimum atomic E-state index is -0.789. The summed E-state index contributed by atoms with van der Waals surface area (Å²) < 4.78 is 1.63. The van der Waals surface area contributed by atoms with E-state index in [-0.39, 0.29) is 11.5 Å². The topological polar surface area (TPSA) is 71.3 Å². The highest BCUT2D eigenvalue weighted by Crippen LogP contribution is 2.49. The van der Waals surface area contributed by atoms with Crippen LogP contribution in [0.15, 0.2) is 35.3 Å².